The number of nitrogens with two attached hydrogens (primary N) is 1. The van der Waals surface area contributed by atoms with Crippen LogP contribution in [0, 0.1) is 0 Å². The van der Waals surface area contributed by atoms with E-state index in [2.05, 4.69) is 5.73 Å². The van der Waals surface area contributed by atoms with Crippen molar-refractivity contribution in [2.45, 2.75) is 205 Å². The zero-order valence-electron chi connectivity index (χ0n) is 25.7. The highest BCUT2D eigenvalue weighted by Gasteiger charge is 1.97. The Bertz CT molecular complexity index is 330. The maximum atomic E-state index is 5.54. The summed E-state index contributed by atoms with van der Waals surface area (Å²) in [6, 6.07) is 0. The predicted octanol–water partition coefficient (Wildman–Crippen LogP) is 7.67. The Morgan fingerprint density at radius 3 is 0.514 bits per heavy atom. The summed E-state index contributed by atoms with van der Waals surface area (Å²) in [6.07, 6.45) is 46.5. The van der Waals surface area contributed by atoms with Crippen molar-refractivity contribution in [3.63, 3.8) is 0 Å². The third-order valence-electron chi connectivity index (χ3n) is 8.20. The molecule has 0 bridgehead atoms. The van der Waals surface area contributed by atoms with E-state index in [1.54, 1.807) is 0 Å². The molecule has 0 atom stereocenters. The van der Waals surface area contributed by atoms with Crippen LogP contribution in [0.3, 0.4) is 0 Å². The summed E-state index contributed by atoms with van der Waals surface area (Å²) in [5.41, 5.74) is 9.47. The van der Waals surface area contributed by atoms with Gasteiger partial charge in [0.25, 0.3) is 0 Å². The van der Waals surface area contributed by atoms with Crippen molar-refractivity contribution in [1.82, 2.24) is 0 Å². The molecular weight excluding hydrogens is 472 g/mol. The highest BCUT2D eigenvalue weighted by molar-refractivity contribution is 4.52. The Labute approximate surface area is 242 Å². The van der Waals surface area contributed by atoms with Gasteiger partial charge in [0, 0.05) is 0 Å². The molecule has 0 unspecified atom stereocenters. The molecule has 5 N–H and O–H groups in total. The third-order valence-corrected chi connectivity index (χ3v) is 8.20. The van der Waals surface area contributed by atoms with Crippen LogP contribution < -0.4 is 23.9 Å². The summed E-state index contributed by atoms with van der Waals surface area (Å²) in [6.45, 7) is 2.00. The Morgan fingerprint density at radius 2 is 0.378 bits per heavy atom. The van der Waals surface area contributed by atoms with E-state index >= 15 is 0 Å². The minimum Gasteiger partial charge on any atom is -1.00 e. The largest absolute Gasteiger partial charge is 1.00 e. The van der Waals surface area contributed by atoms with E-state index < -0.39 is 0 Å². The van der Waals surface area contributed by atoms with Crippen LogP contribution in [0.2, 0.25) is 0 Å². The quantitative estimate of drug-likeness (QED) is 0.0817. The minimum absolute atomic E-state index is 0. The van der Waals surface area contributed by atoms with Crippen molar-refractivity contribution in [2.24, 2.45) is 5.73 Å². The van der Waals surface area contributed by atoms with Crippen molar-refractivity contribution < 1.29 is 18.1 Å². The summed E-state index contributed by atoms with van der Waals surface area (Å²) < 4.78 is 0. The highest BCUT2D eigenvalue weighted by Crippen LogP contribution is 2.16. The molecule has 0 aromatic carbocycles. The van der Waals surface area contributed by atoms with E-state index in [1.165, 1.54) is 205 Å². The molecule has 0 heterocycles. The molecule has 0 amide bonds. The molecule has 0 saturated carbocycles. The standard InChI is InChI=1S/C34H72N2.ClH/c35-33-31-29-27-25-23-21-19-17-15-13-11-9-7-5-3-1-2-4-6-8-10-12-14-16-18-20-22-24-26-28-30-32-34-36;/h1-36H2;1H. The van der Waals surface area contributed by atoms with Gasteiger partial charge in [-0.2, -0.15) is 0 Å². The maximum absolute atomic E-state index is 5.54. The van der Waals surface area contributed by atoms with Crippen LogP contribution in [-0.2, 0) is 0 Å². The summed E-state index contributed by atoms with van der Waals surface area (Å²) >= 11 is 0. The monoisotopic (exact) mass is 545 g/mol. The first-order valence-corrected chi connectivity index (χ1v) is 17.4. The van der Waals surface area contributed by atoms with Gasteiger partial charge < -0.3 is 23.9 Å². The number of rotatable bonds is 33. The molecule has 2 nitrogen and oxygen atoms in total. The minimum atomic E-state index is 0. The van der Waals surface area contributed by atoms with E-state index in [-0.39, 0.29) is 12.4 Å². The zero-order valence-corrected chi connectivity index (χ0v) is 26.5. The lowest BCUT2D eigenvalue weighted by Crippen LogP contribution is -3.00. The summed E-state index contributed by atoms with van der Waals surface area (Å²) in [7, 11) is 0. The predicted molar refractivity (Wildman–Crippen MR) is 165 cm³/mol. The van der Waals surface area contributed by atoms with Crippen LogP contribution >= 0.6 is 0 Å². The van der Waals surface area contributed by atoms with Crippen molar-refractivity contribution in [2.75, 3.05) is 13.1 Å². The Morgan fingerprint density at radius 1 is 0.243 bits per heavy atom. The summed E-state index contributed by atoms with van der Waals surface area (Å²) in [5.74, 6) is 0. The second-order valence-electron chi connectivity index (χ2n) is 12.0. The van der Waals surface area contributed by atoms with Gasteiger partial charge in [0.05, 0.1) is 6.54 Å². The molecule has 37 heavy (non-hydrogen) atoms. The number of unbranched alkanes of at least 4 members (excludes halogenated alkanes) is 31. The molecule has 0 saturated heterocycles. The average Bonchev–Trinajstić information content (AvgIpc) is 2.89. The van der Waals surface area contributed by atoms with E-state index in [1.807, 2.05) is 0 Å². The lowest BCUT2D eigenvalue weighted by atomic mass is 10.0. The Kier molecular flexibility index (Phi) is 40.8. The smallest absolute Gasteiger partial charge is 0.0739 e. The first kappa shape index (κ1) is 39.4. The molecule has 0 radical (unpaired) electrons. The molecular formula is C34H73ClN2. The number of hydrogen-bond acceptors (Lipinski definition) is 1. The van der Waals surface area contributed by atoms with Crippen molar-refractivity contribution in [3.05, 3.63) is 0 Å². The van der Waals surface area contributed by atoms with Crippen LogP contribution in [0.1, 0.15) is 205 Å². The van der Waals surface area contributed by atoms with Gasteiger partial charge in [-0.25, -0.2) is 0 Å². The van der Waals surface area contributed by atoms with E-state index in [9.17, 15) is 0 Å². The molecule has 0 aromatic heterocycles. The first-order valence-electron chi connectivity index (χ1n) is 17.4. The third kappa shape index (κ3) is 38.4. The van der Waals surface area contributed by atoms with Gasteiger partial charge in [-0.3, -0.25) is 0 Å². The zero-order chi connectivity index (χ0) is 26.0. The Balaban J connectivity index is 0. The van der Waals surface area contributed by atoms with Crippen molar-refractivity contribution in [3.8, 4) is 0 Å². The second kappa shape index (κ2) is 38.4. The SMILES string of the molecule is NCCCCCCCCCCCCCCCCCCCCCCCCCCCCCCCCCC[NH3+].[Cl-]. The van der Waals surface area contributed by atoms with Crippen LogP contribution in [0.15, 0.2) is 0 Å². The van der Waals surface area contributed by atoms with Gasteiger partial charge in [-0.05, 0) is 25.8 Å². The number of halogens is 1. The van der Waals surface area contributed by atoms with Crippen molar-refractivity contribution >= 4 is 0 Å². The maximum Gasteiger partial charge on any atom is 0.0739 e. The second-order valence-corrected chi connectivity index (χ2v) is 12.0. The molecule has 0 aliphatic rings. The van der Waals surface area contributed by atoms with Crippen LogP contribution in [-0.4, -0.2) is 13.1 Å². The van der Waals surface area contributed by atoms with Crippen LogP contribution in [0.4, 0.5) is 0 Å². The van der Waals surface area contributed by atoms with Gasteiger partial charge in [0.15, 0.2) is 0 Å². The fraction of sp³-hybridized carbons (Fsp3) is 1.00. The lowest BCUT2D eigenvalue weighted by molar-refractivity contribution is -0.368. The van der Waals surface area contributed by atoms with Gasteiger partial charge in [-0.15, -0.1) is 0 Å². The number of quaternary nitrogens is 1. The van der Waals surface area contributed by atoms with Crippen LogP contribution in [0.5, 0.6) is 0 Å². The van der Waals surface area contributed by atoms with E-state index in [4.69, 9.17) is 5.73 Å². The fourth-order valence-electron chi connectivity index (χ4n) is 5.62. The van der Waals surface area contributed by atoms with Gasteiger partial charge in [0.2, 0.25) is 0 Å². The molecule has 0 fully saturated rings. The molecule has 3 heteroatoms. The topological polar surface area (TPSA) is 53.7 Å². The number of hydrogen-bond donors (Lipinski definition) is 2. The molecule has 0 spiro atoms. The summed E-state index contributed by atoms with van der Waals surface area (Å²) in [5, 5.41) is 0. The van der Waals surface area contributed by atoms with Crippen molar-refractivity contribution in [1.29, 1.82) is 0 Å². The van der Waals surface area contributed by atoms with Gasteiger partial charge >= 0.3 is 0 Å². The average molecular weight is 545 g/mol. The first-order chi connectivity index (χ1) is 17.9. The Hall–Kier alpha value is 0.210. The van der Waals surface area contributed by atoms with E-state index in [0.29, 0.717) is 0 Å². The molecule has 0 rings (SSSR count). The normalized spacial score (nSPS) is 11.2. The molecule has 0 aliphatic carbocycles. The highest BCUT2D eigenvalue weighted by atomic mass is 35.5. The molecule has 0 aromatic rings. The van der Waals surface area contributed by atoms with Gasteiger partial charge in [0.1, 0.15) is 0 Å². The molecule has 226 valence electrons. The summed E-state index contributed by atoms with van der Waals surface area (Å²) in [4.78, 5) is 0. The van der Waals surface area contributed by atoms with Crippen LogP contribution in [0.25, 0.3) is 0 Å². The van der Waals surface area contributed by atoms with Gasteiger partial charge in [-0.1, -0.05) is 186 Å². The fourth-order valence-corrected chi connectivity index (χ4v) is 5.62. The lowest BCUT2D eigenvalue weighted by Gasteiger charge is -2.04. The van der Waals surface area contributed by atoms with E-state index in [0.717, 1.165) is 13.1 Å². The molecule has 0 aliphatic heterocycles.